The molecule has 0 radical (unpaired) electrons. The predicted molar refractivity (Wildman–Crippen MR) is 109 cm³/mol. The fourth-order valence-corrected chi connectivity index (χ4v) is 5.27. The van der Waals surface area contributed by atoms with E-state index in [1.54, 1.807) is 0 Å². The normalized spacial score (nSPS) is 27.3. The van der Waals surface area contributed by atoms with Crippen molar-refractivity contribution in [2.24, 2.45) is 17.8 Å². The van der Waals surface area contributed by atoms with Gasteiger partial charge in [0.1, 0.15) is 11.5 Å². The van der Waals surface area contributed by atoms with Crippen molar-refractivity contribution in [1.82, 2.24) is 14.5 Å². The third kappa shape index (κ3) is 3.35. The zero-order valence-corrected chi connectivity index (χ0v) is 17.7. The van der Waals surface area contributed by atoms with Crippen LogP contribution in [0.2, 0.25) is 0 Å². The number of anilines is 1. The lowest BCUT2D eigenvalue weighted by atomic mass is 9.61. The lowest BCUT2D eigenvalue weighted by Gasteiger charge is -2.47. The summed E-state index contributed by atoms with van der Waals surface area (Å²) in [6.45, 7) is 6.58. The van der Waals surface area contributed by atoms with E-state index in [4.69, 9.17) is 4.74 Å². The van der Waals surface area contributed by atoms with Crippen molar-refractivity contribution < 1.29 is 9.53 Å². The van der Waals surface area contributed by atoms with Crippen LogP contribution in [0, 0.1) is 17.8 Å². The number of nitrogens with zero attached hydrogens (tertiary/aromatic N) is 3. The minimum atomic E-state index is -0.0894. The molecule has 0 unspecified atom stereocenters. The van der Waals surface area contributed by atoms with E-state index in [1.807, 2.05) is 6.92 Å². The molecule has 1 N–H and O–H groups in total. The molecular weight excluding hydrogens is 408 g/mol. The van der Waals surface area contributed by atoms with Crippen LogP contribution in [0.5, 0.6) is 0 Å². The Balaban J connectivity index is 1.70. The molecule has 2 aromatic heterocycles. The summed E-state index contributed by atoms with van der Waals surface area (Å²) in [5, 5.41) is 4.64. The Bertz CT molecular complexity index is 842. The SMILES string of the molecule is CCOC(=O)[C@H]1C2CCC(CC2)[C@@H]1Nc1nc(Br)nc2c1ccn2C(C)C. The number of ether oxygens (including phenoxy) is 1. The van der Waals surface area contributed by atoms with Crippen LogP contribution >= 0.6 is 15.9 Å². The molecule has 3 saturated carbocycles. The summed E-state index contributed by atoms with van der Waals surface area (Å²) in [6.07, 6.45) is 6.64. The second kappa shape index (κ2) is 7.41. The fraction of sp³-hybridized carbons (Fsp3) is 0.650. The lowest BCUT2D eigenvalue weighted by Crippen LogP contribution is -2.52. The molecule has 2 aromatic rings. The fourth-order valence-electron chi connectivity index (χ4n) is 4.93. The molecule has 0 saturated heterocycles. The van der Waals surface area contributed by atoms with Crippen LogP contribution in [-0.2, 0) is 9.53 Å². The van der Waals surface area contributed by atoms with Crippen LogP contribution in [0.25, 0.3) is 11.0 Å². The highest BCUT2D eigenvalue weighted by molar-refractivity contribution is 9.10. The summed E-state index contributed by atoms with van der Waals surface area (Å²) < 4.78 is 8.13. The molecule has 3 fully saturated rings. The van der Waals surface area contributed by atoms with Crippen molar-refractivity contribution in [3.05, 3.63) is 17.0 Å². The van der Waals surface area contributed by atoms with Crippen LogP contribution < -0.4 is 5.32 Å². The third-order valence-electron chi connectivity index (χ3n) is 6.18. The topological polar surface area (TPSA) is 69.0 Å². The number of aromatic nitrogens is 3. The van der Waals surface area contributed by atoms with Crippen LogP contribution in [0.3, 0.4) is 0 Å². The molecule has 0 spiro atoms. The maximum Gasteiger partial charge on any atom is 0.311 e. The van der Waals surface area contributed by atoms with Gasteiger partial charge in [-0.3, -0.25) is 4.79 Å². The van der Waals surface area contributed by atoms with Crippen LogP contribution in [-0.4, -0.2) is 33.2 Å². The molecule has 2 atom stereocenters. The Morgan fingerprint density at radius 3 is 2.67 bits per heavy atom. The summed E-state index contributed by atoms with van der Waals surface area (Å²) in [4.78, 5) is 21.9. The molecule has 6 nitrogen and oxygen atoms in total. The Morgan fingerprint density at radius 1 is 1.30 bits per heavy atom. The molecule has 0 aromatic carbocycles. The Hall–Kier alpha value is -1.63. The van der Waals surface area contributed by atoms with E-state index in [-0.39, 0.29) is 17.9 Å². The van der Waals surface area contributed by atoms with Gasteiger partial charge < -0.3 is 14.6 Å². The van der Waals surface area contributed by atoms with Gasteiger partial charge in [-0.05, 0) is 80.3 Å². The number of esters is 1. The molecule has 0 amide bonds. The first-order valence-corrected chi connectivity index (χ1v) is 10.8. The third-order valence-corrected chi connectivity index (χ3v) is 6.54. The van der Waals surface area contributed by atoms with E-state index < -0.39 is 0 Å². The van der Waals surface area contributed by atoms with Crippen molar-refractivity contribution >= 4 is 38.8 Å². The smallest absolute Gasteiger partial charge is 0.311 e. The number of rotatable bonds is 5. The van der Waals surface area contributed by atoms with Gasteiger partial charge >= 0.3 is 5.97 Å². The molecule has 7 heteroatoms. The van der Waals surface area contributed by atoms with Crippen molar-refractivity contribution in [3.8, 4) is 0 Å². The van der Waals surface area contributed by atoms with Crippen molar-refractivity contribution in [1.29, 1.82) is 0 Å². The number of halogens is 1. The first-order chi connectivity index (χ1) is 13.0. The van der Waals surface area contributed by atoms with E-state index in [0.717, 1.165) is 29.7 Å². The number of carbonyl (C=O) groups excluding carboxylic acids is 1. The van der Waals surface area contributed by atoms with E-state index in [1.165, 1.54) is 12.8 Å². The first-order valence-electron chi connectivity index (χ1n) is 9.96. The Labute approximate surface area is 168 Å². The van der Waals surface area contributed by atoms with Crippen molar-refractivity contribution in [3.63, 3.8) is 0 Å². The van der Waals surface area contributed by atoms with Gasteiger partial charge in [0.15, 0.2) is 0 Å². The molecule has 146 valence electrons. The largest absolute Gasteiger partial charge is 0.466 e. The predicted octanol–water partition coefficient (Wildman–Crippen LogP) is 4.55. The van der Waals surface area contributed by atoms with Gasteiger partial charge in [-0.25, -0.2) is 9.97 Å². The van der Waals surface area contributed by atoms with Gasteiger partial charge in [0.05, 0.1) is 17.9 Å². The summed E-state index contributed by atoms with van der Waals surface area (Å²) >= 11 is 3.46. The average molecular weight is 435 g/mol. The van der Waals surface area contributed by atoms with E-state index in [0.29, 0.717) is 29.2 Å². The average Bonchev–Trinajstić information content (AvgIpc) is 3.07. The highest BCUT2D eigenvalue weighted by Gasteiger charge is 2.48. The van der Waals surface area contributed by atoms with Gasteiger partial charge in [-0.2, -0.15) is 0 Å². The van der Waals surface area contributed by atoms with Gasteiger partial charge in [0.2, 0.25) is 4.73 Å². The monoisotopic (exact) mass is 434 g/mol. The number of carbonyl (C=O) groups is 1. The minimum absolute atomic E-state index is 0.0616. The van der Waals surface area contributed by atoms with Crippen LogP contribution in [0.1, 0.15) is 52.5 Å². The zero-order chi connectivity index (χ0) is 19.1. The number of hydrogen-bond donors (Lipinski definition) is 1. The molecule has 2 bridgehead atoms. The van der Waals surface area contributed by atoms with Crippen LogP contribution in [0.4, 0.5) is 5.82 Å². The zero-order valence-electron chi connectivity index (χ0n) is 16.1. The number of fused-ring (bicyclic) bond motifs is 4. The summed E-state index contributed by atoms with van der Waals surface area (Å²) in [5.74, 6) is 1.55. The van der Waals surface area contributed by atoms with Gasteiger partial charge in [-0.1, -0.05) is 0 Å². The van der Waals surface area contributed by atoms with E-state index in [2.05, 4.69) is 61.9 Å². The molecule has 2 heterocycles. The minimum Gasteiger partial charge on any atom is -0.466 e. The number of nitrogens with one attached hydrogen (secondary N) is 1. The van der Waals surface area contributed by atoms with Crippen molar-refractivity contribution in [2.75, 3.05) is 11.9 Å². The van der Waals surface area contributed by atoms with Gasteiger partial charge in [-0.15, -0.1) is 0 Å². The molecule has 3 aliphatic carbocycles. The summed E-state index contributed by atoms with van der Waals surface area (Å²) in [5.41, 5.74) is 0.906. The Morgan fingerprint density at radius 2 is 2.00 bits per heavy atom. The number of hydrogen-bond acceptors (Lipinski definition) is 5. The molecule has 27 heavy (non-hydrogen) atoms. The summed E-state index contributed by atoms with van der Waals surface area (Å²) in [7, 11) is 0. The second-order valence-corrected chi connectivity index (χ2v) is 8.73. The van der Waals surface area contributed by atoms with Crippen molar-refractivity contribution in [2.45, 2.75) is 58.5 Å². The second-order valence-electron chi connectivity index (χ2n) is 8.02. The summed E-state index contributed by atoms with van der Waals surface area (Å²) in [6, 6.07) is 2.45. The first kappa shape index (κ1) is 18.7. The Kier molecular flexibility index (Phi) is 5.14. The lowest BCUT2D eigenvalue weighted by molar-refractivity contribution is -0.154. The standard InChI is InChI=1S/C20H27BrN4O2/c1-4-27-19(26)15-12-5-7-13(8-6-12)16(15)22-17-14-9-10-25(11(2)3)18(14)24-20(21)23-17/h9-13,15-16H,4-8H2,1-3H3,(H,22,23,24)/t12?,13?,15-,16-/m0/s1. The maximum atomic E-state index is 12.7. The highest BCUT2D eigenvalue weighted by atomic mass is 79.9. The van der Waals surface area contributed by atoms with E-state index >= 15 is 0 Å². The maximum absolute atomic E-state index is 12.7. The molecule has 3 aliphatic rings. The van der Waals surface area contributed by atoms with Gasteiger partial charge in [0, 0.05) is 18.3 Å². The van der Waals surface area contributed by atoms with E-state index in [9.17, 15) is 4.79 Å². The molecular formula is C20H27BrN4O2. The molecule has 5 rings (SSSR count). The highest BCUT2D eigenvalue weighted by Crippen LogP contribution is 2.47. The quantitative estimate of drug-likeness (QED) is 0.551. The van der Waals surface area contributed by atoms with Gasteiger partial charge in [0.25, 0.3) is 0 Å². The molecule has 0 aliphatic heterocycles. The van der Waals surface area contributed by atoms with Crippen LogP contribution in [0.15, 0.2) is 17.0 Å².